The maximum Gasteiger partial charge on any atom is 0.337 e. The van der Waals surface area contributed by atoms with Crippen LogP contribution < -0.4 is 15.4 Å². The molecule has 0 radical (unpaired) electrons. The Morgan fingerprint density at radius 1 is 1.17 bits per heavy atom. The van der Waals surface area contributed by atoms with Crippen LogP contribution in [0.2, 0.25) is 0 Å². The highest BCUT2D eigenvalue weighted by Gasteiger charge is 2.33. The van der Waals surface area contributed by atoms with E-state index in [9.17, 15) is 9.59 Å². The average molecular weight is 416 g/mol. The van der Waals surface area contributed by atoms with Crippen molar-refractivity contribution in [3.05, 3.63) is 41.1 Å². The zero-order valence-corrected chi connectivity index (χ0v) is 18.2. The fourth-order valence-corrected chi connectivity index (χ4v) is 4.35. The highest BCUT2D eigenvalue weighted by atomic mass is 16.5. The molecular weight excluding hydrogens is 382 g/mol. The van der Waals surface area contributed by atoms with Gasteiger partial charge in [-0.1, -0.05) is 31.9 Å². The highest BCUT2D eigenvalue weighted by molar-refractivity contribution is 5.94. The molecule has 3 rings (SSSR count). The minimum atomic E-state index is -0.359. The molecule has 0 saturated carbocycles. The summed E-state index contributed by atoms with van der Waals surface area (Å²) in [5.41, 5.74) is 2.42. The van der Waals surface area contributed by atoms with Crippen molar-refractivity contribution < 1.29 is 19.1 Å². The predicted molar refractivity (Wildman–Crippen MR) is 115 cm³/mol. The standard InChI is InChI=1S/C23H33N3O4/c1-4-18-21(22(27)30-5-2)19(25-23(28)24-18)15-26-14-8-6-7-9-20(26)16-10-12-17(29-3)13-11-16/h10-13,18,20H,4-9,14-15H2,1-3H3,(H2,24,25,28)/t18-,20+/m1/s1. The molecule has 0 bridgehead atoms. The second-order valence-corrected chi connectivity index (χ2v) is 7.78. The van der Waals surface area contributed by atoms with Crippen molar-refractivity contribution in [2.24, 2.45) is 0 Å². The van der Waals surface area contributed by atoms with Gasteiger partial charge < -0.3 is 20.1 Å². The maximum absolute atomic E-state index is 12.7. The van der Waals surface area contributed by atoms with Crippen LogP contribution >= 0.6 is 0 Å². The molecule has 1 fully saturated rings. The fraction of sp³-hybridized carbons (Fsp3) is 0.565. The summed E-state index contributed by atoms with van der Waals surface area (Å²) >= 11 is 0. The summed E-state index contributed by atoms with van der Waals surface area (Å²) in [6.07, 6.45) is 5.10. The first kappa shape index (κ1) is 22.2. The number of ether oxygens (including phenoxy) is 2. The van der Waals surface area contributed by atoms with Gasteiger partial charge in [0.1, 0.15) is 5.75 Å². The number of carbonyl (C=O) groups excluding carboxylic acids is 2. The third kappa shape index (κ3) is 5.14. The van der Waals surface area contributed by atoms with E-state index in [4.69, 9.17) is 9.47 Å². The summed E-state index contributed by atoms with van der Waals surface area (Å²) < 4.78 is 10.6. The first-order valence-corrected chi connectivity index (χ1v) is 10.9. The van der Waals surface area contributed by atoms with Gasteiger partial charge in [-0.2, -0.15) is 0 Å². The van der Waals surface area contributed by atoms with Crippen LogP contribution in [0.15, 0.2) is 35.5 Å². The Labute approximate surface area is 178 Å². The molecule has 2 atom stereocenters. The fourth-order valence-electron chi connectivity index (χ4n) is 4.35. The summed E-state index contributed by atoms with van der Waals surface area (Å²) in [4.78, 5) is 27.3. The van der Waals surface area contributed by atoms with Gasteiger partial charge in [-0.15, -0.1) is 0 Å². The van der Waals surface area contributed by atoms with E-state index >= 15 is 0 Å². The third-order valence-corrected chi connectivity index (χ3v) is 5.87. The summed E-state index contributed by atoms with van der Waals surface area (Å²) in [6, 6.07) is 7.82. The van der Waals surface area contributed by atoms with Crippen LogP contribution in [0.5, 0.6) is 5.75 Å². The molecule has 1 aromatic carbocycles. The lowest BCUT2D eigenvalue weighted by atomic mass is 9.97. The molecule has 1 saturated heterocycles. The zero-order chi connectivity index (χ0) is 21.5. The van der Waals surface area contributed by atoms with E-state index in [2.05, 4.69) is 27.7 Å². The number of rotatable bonds is 7. The van der Waals surface area contributed by atoms with Gasteiger partial charge in [0, 0.05) is 18.3 Å². The Morgan fingerprint density at radius 3 is 2.60 bits per heavy atom. The molecule has 2 N–H and O–H groups in total. The van der Waals surface area contributed by atoms with E-state index in [0.717, 1.165) is 31.6 Å². The van der Waals surface area contributed by atoms with Gasteiger partial charge in [0.2, 0.25) is 0 Å². The van der Waals surface area contributed by atoms with Crippen LogP contribution in [0.4, 0.5) is 4.79 Å². The van der Waals surface area contributed by atoms with E-state index in [1.165, 1.54) is 12.0 Å². The minimum absolute atomic E-state index is 0.223. The SMILES string of the molecule is CCOC(=O)C1=C(CN2CCCCC[C@H]2c2ccc(OC)cc2)NC(=O)N[C@@H]1CC. The Balaban J connectivity index is 1.92. The number of hydrogen-bond donors (Lipinski definition) is 2. The van der Waals surface area contributed by atoms with Gasteiger partial charge in [0.15, 0.2) is 0 Å². The number of likely N-dealkylation sites (tertiary alicyclic amines) is 1. The Hall–Kier alpha value is -2.54. The van der Waals surface area contributed by atoms with Crippen molar-refractivity contribution in [2.45, 2.75) is 58.0 Å². The molecule has 1 aromatic rings. The van der Waals surface area contributed by atoms with Gasteiger partial charge in [-0.25, -0.2) is 9.59 Å². The van der Waals surface area contributed by atoms with Crippen molar-refractivity contribution in [3.63, 3.8) is 0 Å². The second kappa shape index (κ2) is 10.5. The van der Waals surface area contributed by atoms with Crippen LogP contribution in [0.25, 0.3) is 0 Å². The molecule has 0 aromatic heterocycles. The maximum atomic E-state index is 12.7. The normalized spacial score (nSPS) is 22.7. The molecule has 0 aliphatic carbocycles. The smallest absolute Gasteiger partial charge is 0.337 e. The van der Waals surface area contributed by atoms with Crippen LogP contribution in [-0.4, -0.2) is 49.7 Å². The molecule has 0 unspecified atom stereocenters. The van der Waals surface area contributed by atoms with Gasteiger partial charge >= 0.3 is 12.0 Å². The lowest BCUT2D eigenvalue weighted by Gasteiger charge is -2.35. The molecule has 2 heterocycles. The number of esters is 1. The average Bonchev–Trinajstić information content (AvgIpc) is 2.99. The number of carbonyl (C=O) groups is 2. The summed E-state index contributed by atoms with van der Waals surface area (Å²) in [6.45, 7) is 5.48. The Morgan fingerprint density at radius 2 is 1.93 bits per heavy atom. The van der Waals surface area contributed by atoms with Crippen molar-refractivity contribution in [2.75, 3.05) is 26.8 Å². The first-order valence-electron chi connectivity index (χ1n) is 10.9. The van der Waals surface area contributed by atoms with Crippen LogP contribution in [0.1, 0.15) is 57.6 Å². The molecule has 0 spiro atoms. The minimum Gasteiger partial charge on any atom is -0.497 e. The highest BCUT2D eigenvalue weighted by Crippen LogP contribution is 2.32. The Bertz CT molecular complexity index is 775. The summed E-state index contributed by atoms with van der Waals surface area (Å²) in [5.74, 6) is 0.477. The van der Waals surface area contributed by atoms with E-state index in [0.29, 0.717) is 30.8 Å². The lowest BCUT2D eigenvalue weighted by molar-refractivity contribution is -0.139. The van der Waals surface area contributed by atoms with E-state index < -0.39 is 0 Å². The van der Waals surface area contributed by atoms with Gasteiger partial charge in [0.25, 0.3) is 0 Å². The third-order valence-electron chi connectivity index (χ3n) is 5.87. The van der Waals surface area contributed by atoms with E-state index in [1.807, 2.05) is 19.1 Å². The van der Waals surface area contributed by atoms with Crippen LogP contribution in [0.3, 0.4) is 0 Å². The lowest BCUT2D eigenvalue weighted by Crippen LogP contribution is -2.52. The quantitative estimate of drug-likeness (QED) is 0.666. The van der Waals surface area contributed by atoms with Crippen molar-refractivity contribution in [1.82, 2.24) is 15.5 Å². The number of methoxy groups -OCH3 is 1. The largest absolute Gasteiger partial charge is 0.497 e. The molecule has 30 heavy (non-hydrogen) atoms. The van der Waals surface area contributed by atoms with Crippen molar-refractivity contribution in [3.8, 4) is 5.75 Å². The number of amides is 2. The van der Waals surface area contributed by atoms with Crippen LogP contribution in [0, 0.1) is 0 Å². The van der Waals surface area contributed by atoms with E-state index in [1.54, 1.807) is 14.0 Å². The second-order valence-electron chi connectivity index (χ2n) is 7.78. The van der Waals surface area contributed by atoms with Crippen molar-refractivity contribution >= 4 is 12.0 Å². The molecule has 2 aliphatic heterocycles. The molecule has 2 aliphatic rings. The molecule has 2 amide bonds. The monoisotopic (exact) mass is 415 g/mol. The molecular formula is C23H33N3O4. The Kier molecular flexibility index (Phi) is 7.74. The van der Waals surface area contributed by atoms with Crippen molar-refractivity contribution in [1.29, 1.82) is 0 Å². The zero-order valence-electron chi connectivity index (χ0n) is 18.2. The predicted octanol–water partition coefficient (Wildman–Crippen LogP) is 3.52. The summed E-state index contributed by atoms with van der Waals surface area (Å²) in [7, 11) is 1.67. The molecule has 7 heteroatoms. The van der Waals surface area contributed by atoms with Gasteiger partial charge in [-0.3, -0.25) is 4.90 Å². The topological polar surface area (TPSA) is 79.9 Å². The molecule has 7 nitrogen and oxygen atoms in total. The van der Waals surface area contributed by atoms with Gasteiger partial charge in [0.05, 0.1) is 25.3 Å². The number of benzene rings is 1. The molecule has 164 valence electrons. The number of nitrogens with zero attached hydrogens (tertiary/aromatic N) is 1. The van der Waals surface area contributed by atoms with Gasteiger partial charge in [-0.05, 0) is 50.4 Å². The first-order chi connectivity index (χ1) is 14.6. The summed E-state index contributed by atoms with van der Waals surface area (Å²) in [5, 5.41) is 5.74. The van der Waals surface area contributed by atoms with Crippen LogP contribution in [-0.2, 0) is 9.53 Å². The van der Waals surface area contributed by atoms with E-state index in [-0.39, 0.29) is 24.1 Å². The number of urea groups is 1. The number of nitrogens with one attached hydrogen (secondary N) is 2. The number of hydrogen-bond acceptors (Lipinski definition) is 5.